The highest BCUT2D eigenvalue weighted by Crippen LogP contribution is 2.17. The third-order valence-corrected chi connectivity index (χ3v) is 3.44. The minimum atomic E-state index is 0.350. The van der Waals surface area contributed by atoms with Crippen LogP contribution in [0.15, 0.2) is 6.20 Å². The molecule has 0 saturated carbocycles. The molecule has 0 amide bonds. The summed E-state index contributed by atoms with van der Waals surface area (Å²) in [7, 11) is 0. The smallest absolute Gasteiger partial charge is 0.221 e. The van der Waals surface area contributed by atoms with Crippen molar-refractivity contribution < 1.29 is 0 Å². The van der Waals surface area contributed by atoms with Gasteiger partial charge in [-0.15, -0.1) is 0 Å². The maximum atomic E-state index is 5.68. The molecule has 0 aliphatic heterocycles. The molecule has 2 N–H and O–H groups in total. The molecule has 0 aromatic carbocycles. The Labute approximate surface area is 116 Å². The topological polar surface area (TPSA) is 58.3 Å². The van der Waals surface area contributed by atoms with Crippen molar-refractivity contribution in [3.63, 3.8) is 0 Å². The van der Waals surface area contributed by atoms with Gasteiger partial charge < -0.3 is 15.5 Å². The van der Waals surface area contributed by atoms with Gasteiger partial charge in [0.25, 0.3) is 0 Å². The van der Waals surface area contributed by atoms with E-state index in [1.165, 1.54) is 0 Å². The molecule has 5 heteroatoms. The van der Waals surface area contributed by atoms with Crippen LogP contribution < -0.4 is 10.6 Å². The van der Waals surface area contributed by atoms with Crippen LogP contribution in [0.4, 0.5) is 11.8 Å². The van der Waals surface area contributed by atoms with Crippen LogP contribution in [-0.2, 0) is 0 Å². The first-order chi connectivity index (χ1) is 9.12. The molecule has 108 valence electrons. The van der Waals surface area contributed by atoms with Crippen molar-refractivity contribution in [3.05, 3.63) is 11.8 Å². The number of aromatic nitrogens is 2. The molecule has 0 radical (unpaired) electrons. The van der Waals surface area contributed by atoms with Crippen LogP contribution in [-0.4, -0.2) is 47.6 Å². The molecule has 1 aromatic heterocycles. The van der Waals surface area contributed by atoms with Crippen LogP contribution in [0.5, 0.6) is 0 Å². The Balaban J connectivity index is 2.60. The van der Waals surface area contributed by atoms with E-state index in [0.717, 1.165) is 50.5 Å². The van der Waals surface area contributed by atoms with Gasteiger partial charge in [-0.05, 0) is 39.9 Å². The van der Waals surface area contributed by atoms with Crippen LogP contribution >= 0.6 is 0 Å². The Bertz CT molecular complexity index is 376. The highest BCUT2D eigenvalue weighted by molar-refractivity contribution is 5.47. The second-order valence-electron chi connectivity index (χ2n) is 4.69. The Morgan fingerprint density at radius 2 is 1.79 bits per heavy atom. The van der Waals surface area contributed by atoms with Crippen molar-refractivity contribution in [1.82, 2.24) is 14.9 Å². The van der Waals surface area contributed by atoms with Crippen molar-refractivity contribution in [2.24, 2.45) is 0 Å². The van der Waals surface area contributed by atoms with E-state index in [2.05, 4.69) is 40.5 Å². The maximum Gasteiger partial charge on any atom is 0.221 e. The SMILES string of the molecule is CCN(CC)CCCN(CC)c1nc(N)ncc1C. The lowest BCUT2D eigenvalue weighted by molar-refractivity contribution is 0.300. The lowest BCUT2D eigenvalue weighted by Crippen LogP contribution is -2.31. The standard InChI is InChI=1S/C14H27N5/c1-5-18(6-2)9-8-10-19(7-3)13-12(4)11-16-14(15)17-13/h11H,5-10H2,1-4H3,(H2,15,16,17). The van der Waals surface area contributed by atoms with Gasteiger partial charge in [-0.25, -0.2) is 4.98 Å². The van der Waals surface area contributed by atoms with Crippen LogP contribution in [0.3, 0.4) is 0 Å². The minimum absolute atomic E-state index is 0.350. The molecule has 0 unspecified atom stereocenters. The van der Waals surface area contributed by atoms with E-state index in [0.29, 0.717) is 5.95 Å². The summed E-state index contributed by atoms with van der Waals surface area (Å²) in [5.74, 6) is 1.32. The Hall–Kier alpha value is -1.36. The monoisotopic (exact) mass is 265 g/mol. The van der Waals surface area contributed by atoms with Crippen molar-refractivity contribution in [2.45, 2.75) is 34.1 Å². The van der Waals surface area contributed by atoms with Crippen LogP contribution in [0, 0.1) is 6.92 Å². The van der Waals surface area contributed by atoms with Gasteiger partial charge in [-0.3, -0.25) is 0 Å². The molecule has 0 fully saturated rings. The maximum absolute atomic E-state index is 5.68. The second-order valence-corrected chi connectivity index (χ2v) is 4.69. The molecular formula is C14H27N5. The summed E-state index contributed by atoms with van der Waals surface area (Å²) in [5, 5.41) is 0. The predicted octanol–water partition coefficient (Wildman–Crippen LogP) is 1.93. The van der Waals surface area contributed by atoms with E-state index >= 15 is 0 Å². The molecule has 0 spiro atoms. The first-order valence-corrected chi connectivity index (χ1v) is 7.18. The van der Waals surface area contributed by atoms with Gasteiger partial charge in [0, 0.05) is 24.8 Å². The van der Waals surface area contributed by atoms with Crippen LogP contribution in [0.1, 0.15) is 32.8 Å². The van der Waals surface area contributed by atoms with Crippen LogP contribution in [0.2, 0.25) is 0 Å². The van der Waals surface area contributed by atoms with Crippen molar-refractivity contribution >= 4 is 11.8 Å². The molecule has 5 nitrogen and oxygen atoms in total. The Morgan fingerprint density at radius 1 is 1.11 bits per heavy atom. The summed E-state index contributed by atoms with van der Waals surface area (Å²) in [6.07, 6.45) is 2.93. The molecule has 0 aliphatic carbocycles. The third kappa shape index (κ3) is 4.67. The fourth-order valence-electron chi connectivity index (χ4n) is 2.21. The van der Waals surface area contributed by atoms with Gasteiger partial charge >= 0.3 is 0 Å². The fraction of sp³-hybridized carbons (Fsp3) is 0.714. The summed E-state index contributed by atoms with van der Waals surface area (Å²) in [5.41, 5.74) is 6.77. The molecular weight excluding hydrogens is 238 g/mol. The Morgan fingerprint density at radius 3 is 2.37 bits per heavy atom. The van der Waals surface area contributed by atoms with E-state index in [1.807, 2.05) is 6.92 Å². The molecule has 0 bridgehead atoms. The number of nitrogens with zero attached hydrogens (tertiary/aromatic N) is 4. The largest absolute Gasteiger partial charge is 0.368 e. The lowest BCUT2D eigenvalue weighted by atomic mass is 10.3. The van der Waals surface area contributed by atoms with E-state index in [-0.39, 0.29) is 0 Å². The lowest BCUT2D eigenvalue weighted by Gasteiger charge is -2.25. The first kappa shape index (κ1) is 15.7. The van der Waals surface area contributed by atoms with E-state index < -0.39 is 0 Å². The van der Waals surface area contributed by atoms with Gasteiger partial charge in [-0.1, -0.05) is 13.8 Å². The van der Waals surface area contributed by atoms with E-state index in [9.17, 15) is 0 Å². The first-order valence-electron chi connectivity index (χ1n) is 7.18. The highest BCUT2D eigenvalue weighted by Gasteiger charge is 2.10. The number of nitrogens with two attached hydrogens (primary N) is 1. The number of nitrogen functional groups attached to an aromatic ring is 1. The van der Waals surface area contributed by atoms with Crippen molar-refractivity contribution in [3.8, 4) is 0 Å². The van der Waals surface area contributed by atoms with Gasteiger partial charge in [0.15, 0.2) is 0 Å². The molecule has 1 aromatic rings. The van der Waals surface area contributed by atoms with Gasteiger partial charge in [0.2, 0.25) is 5.95 Å². The number of hydrogen-bond acceptors (Lipinski definition) is 5. The highest BCUT2D eigenvalue weighted by atomic mass is 15.2. The molecule has 19 heavy (non-hydrogen) atoms. The predicted molar refractivity (Wildman–Crippen MR) is 81.5 cm³/mol. The quantitative estimate of drug-likeness (QED) is 0.778. The molecule has 0 aliphatic rings. The summed E-state index contributed by atoms with van der Waals surface area (Å²) in [4.78, 5) is 13.1. The van der Waals surface area contributed by atoms with E-state index in [1.54, 1.807) is 6.20 Å². The van der Waals surface area contributed by atoms with Gasteiger partial charge in [0.05, 0.1) is 0 Å². The molecule has 0 saturated heterocycles. The zero-order valence-corrected chi connectivity index (χ0v) is 12.7. The normalized spacial score (nSPS) is 11.0. The van der Waals surface area contributed by atoms with Crippen LogP contribution in [0.25, 0.3) is 0 Å². The average Bonchev–Trinajstić information content (AvgIpc) is 2.42. The summed E-state index contributed by atoms with van der Waals surface area (Å²) in [6, 6.07) is 0. The number of aryl methyl sites for hydroxylation is 1. The van der Waals surface area contributed by atoms with E-state index in [4.69, 9.17) is 5.73 Å². The third-order valence-electron chi connectivity index (χ3n) is 3.44. The molecule has 1 rings (SSSR count). The summed E-state index contributed by atoms with van der Waals surface area (Å²) >= 11 is 0. The van der Waals surface area contributed by atoms with Gasteiger partial charge in [0.1, 0.15) is 5.82 Å². The number of hydrogen-bond donors (Lipinski definition) is 1. The summed E-state index contributed by atoms with van der Waals surface area (Å²) < 4.78 is 0. The number of anilines is 2. The van der Waals surface area contributed by atoms with Crippen molar-refractivity contribution in [2.75, 3.05) is 43.4 Å². The average molecular weight is 265 g/mol. The zero-order valence-electron chi connectivity index (χ0n) is 12.7. The Kier molecular flexibility index (Phi) is 6.56. The second kappa shape index (κ2) is 7.94. The zero-order chi connectivity index (χ0) is 14.3. The van der Waals surface area contributed by atoms with Gasteiger partial charge in [-0.2, -0.15) is 4.98 Å². The molecule has 1 heterocycles. The minimum Gasteiger partial charge on any atom is -0.368 e. The summed E-state index contributed by atoms with van der Waals surface area (Å²) in [6.45, 7) is 13.9. The van der Waals surface area contributed by atoms with Crippen molar-refractivity contribution in [1.29, 1.82) is 0 Å². The number of rotatable bonds is 8. The fourth-order valence-corrected chi connectivity index (χ4v) is 2.21. The molecule has 0 atom stereocenters.